The van der Waals surface area contributed by atoms with Crippen molar-refractivity contribution in [2.45, 2.75) is 12.4 Å². The van der Waals surface area contributed by atoms with Crippen LogP contribution >= 0.6 is 0 Å². The number of rotatable bonds is 0. The minimum absolute atomic E-state index is 0.604. The average Bonchev–Trinajstić information content (AvgIpc) is 2.25. The lowest BCUT2D eigenvalue weighted by Crippen LogP contribution is -2.21. The number of nitrogens with zero attached hydrogens (tertiary/aromatic N) is 1. The predicted molar refractivity (Wildman–Crippen MR) is 52.4 cm³/mol. The van der Waals surface area contributed by atoms with Gasteiger partial charge in [0.2, 0.25) is 5.82 Å². The zero-order chi connectivity index (χ0) is 14.4. The lowest BCUT2D eigenvalue weighted by atomic mass is 10.1. The third-order valence-electron chi connectivity index (χ3n) is 2.31. The van der Waals surface area contributed by atoms with Crippen molar-refractivity contribution in [1.82, 2.24) is 9.97 Å². The number of hydrogen-bond donors (Lipinski definition) is 1. The Labute approximate surface area is 100 Å². The Morgan fingerprint density at radius 1 is 1.00 bits per heavy atom. The molecule has 0 saturated heterocycles. The Morgan fingerprint density at radius 3 is 2.16 bits per heavy atom. The van der Waals surface area contributed by atoms with Gasteiger partial charge in [0.25, 0.3) is 5.56 Å². The fraction of sp³-hybridized carbons (Fsp3) is 0.200. The van der Waals surface area contributed by atoms with Gasteiger partial charge in [0.05, 0.1) is 16.5 Å². The molecule has 1 aromatic carbocycles. The normalized spacial score (nSPS) is 12.9. The largest absolute Gasteiger partial charge is 0.449 e. The lowest BCUT2D eigenvalue weighted by molar-refractivity contribution is -0.144. The molecule has 1 heterocycles. The molecule has 0 atom stereocenters. The van der Waals surface area contributed by atoms with Gasteiger partial charge >= 0.3 is 12.4 Å². The van der Waals surface area contributed by atoms with Crippen LogP contribution in [0.15, 0.2) is 23.0 Å². The van der Waals surface area contributed by atoms with Crippen LogP contribution in [-0.2, 0) is 12.4 Å². The smallest absolute Gasteiger partial charge is 0.302 e. The van der Waals surface area contributed by atoms with E-state index in [-0.39, 0.29) is 0 Å². The highest BCUT2D eigenvalue weighted by molar-refractivity contribution is 5.81. The SMILES string of the molecule is O=c1[nH]c(C(F)(F)F)nc2cccc(C(F)(F)F)c12. The third-order valence-corrected chi connectivity index (χ3v) is 2.31. The monoisotopic (exact) mass is 282 g/mol. The molecule has 0 aliphatic rings. The maximum atomic E-state index is 12.6. The molecular formula is C10H4F6N2O. The van der Waals surface area contributed by atoms with E-state index in [1.54, 1.807) is 0 Å². The molecule has 0 spiro atoms. The van der Waals surface area contributed by atoms with E-state index in [1.165, 1.54) is 4.98 Å². The summed E-state index contributed by atoms with van der Waals surface area (Å²) in [6.07, 6.45) is -9.80. The van der Waals surface area contributed by atoms with Crippen LogP contribution in [0.1, 0.15) is 11.4 Å². The first-order chi connectivity index (χ1) is 8.60. The summed E-state index contributed by atoms with van der Waals surface area (Å²) >= 11 is 0. The molecule has 0 saturated carbocycles. The summed E-state index contributed by atoms with van der Waals surface area (Å²) in [6, 6.07) is 2.40. The molecule has 0 bridgehead atoms. The fourth-order valence-electron chi connectivity index (χ4n) is 1.56. The van der Waals surface area contributed by atoms with Crippen LogP contribution in [0, 0.1) is 0 Å². The Morgan fingerprint density at radius 2 is 1.63 bits per heavy atom. The molecule has 0 radical (unpaired) electrons. The number of benzene rings is 1. The predicted octanol–water partition coefficient (Wildman–Crippen LogP) is 2.96. The highest BCUT2D eigenvalue weighted by Crippen LogP contribution is 2.33. The van der Waals surface area contributed by atoms with Gasteiger partial charge in [-0.25, -0.2) is 4.98 Å². The van der Waals surface area contributed by atoms with E-state index >= 15 is 0 Å². The first-order valence-electron chi connectivity index (χ1n) is 4.78. The average molecular weight is 282 g/mol. The van der Waals surface area contributed by atoms with Crippen LogP contribution in [0.2, 0.25) is 0 Å². The third kappa shape index (κ3) is 2.40. The van der Waals surface area contributed by atoms with E-state index in [9.17, 15) is 31.1 Å². The Balaban J connectivity index is 2.85. The molecule has 0 aliphatic carbocycles. The Hall–Kier alpha value is -2.06. The number of aromatic amines is 1. The van der Waals surface area contributed by atoms with Crippen molar-refractivity contribution >= 4 is 10.9 Å². The number of aromatic nitrogens is 2. The number of fused-ring (bicyclic) bond motifs is 1. The molecule has 102 valence electrons. The van der Waals surface area contributed by atoms with Crippen LogP contribution in [0.3, 0.4) is 0 Å². The van der Waals surface area contributed by atoms with E-state index in [4.69, 9.17) is 0 Å². The standard InChI is InChI=1S/C10H4F6N2O/c11-9(12,13)4-2-1-3-5-6(4)7(19)18-8(17-5)10(14,15)16/h1-3H,(H,17,18,19). The molecule has 2 aromatic rings. The van der Waals surface area contributed by atoms with Gasteiger partial charge in [0.15, 0.2) is 0 Å². The van der Waals surface area contributed by atoms with Crippen LogP contribution < -0.4 is 5.56 Å². The van der Waals surface area contributed by atoms with Crippen molar-refractivity contribution in [3.8, 4) is 0 Å². The minimum Gasteiger partial charge on any atom is -0.302 e. The number of halogens is 6. The summed E-state index contributed by atoms with van der Waals surface area (Å²) in [5.41, 5.74) is -3.47. The molecule has 0 fully saturated rings. The van der Waals surface area contributed by atoms with Crippen molar-refractivity contribution in [2.75, 3.05) is 0 Å². The van der Waals surface area contributed by atoms with Crippen LogP contribution in [-0.4, -0.2) is 9.97 Å². The number of nitrogens with one attached hydrogen (secondary N) is 1. The lowest BCUT2D eigenvalue weighted by Gasteiger charge is -2.11. The van der Waals surface area contributed by atoms with Gasteiger partial charge in [-0.05, 0) is 12.1 Å². The van der Waals surface area contributed by atoms with Crippen molar-refractivity contribution in [3.63, 3.8) is 0 Å². The molecule has 0 unspecified atom stereocenters. The summed E-state index contributed by atoms with van der Waals surface area (Å²) in [5, 5.41) is -0.914. The molecule has 9 heteroatoms. The van der Waals surface area contributed by atoms with E-state index < -0.39 is 40.2 Å². The second kappa shape index (κ2) is 3.97. The van der Waals surface area contributed by atoms with Gasteiger partial charge in [0, 0.05) is 0 Å². The summed E-state index contributed by atoms with van der Waals surface area (Å²) in [5.74, 6) is -1.63. The second-order valence-corrected chi connectivity index (χ2v) is 3.61. The molecule has 2 rings (SSSR count). The van der Waals surface area contributed by atoms with Crippen LogP contribution in [0.5, 0.6) is 0 Å². The molecule has 1 N–H and O–H groups in total. The van der Waals surface area contributed by atoms with Gasteiger partial charge in [0.1, 0.15) is 0 Å². The Kier molecular flexibility index (Phi) is 2.79. The summed E-state index contributed by atoms with van der Waals surface area (Å²) in [6.45, 7) is 0. The van der Waals surface area contributed by atoms with Gasteiger partial charge in [-0.15, -0.1) is 0 Å². The van der Waals surface area contributed by atoms with Crippen molar-refractivity contribution in [1.29, 1.82) is 0 Å². The number of alkyl halides is 6. The summed E-state index contributed by atoms with van der Waals surface area (Å²) in [7, 11) is 0. The zero-order valence-corrected chi connectivity index (χ0v) is 8.86. The first kappa shape index (κ1) is 13.4. The van der Waals surface area contributed by atoms with E-state index in [0.717, 1.165) is 12.1 Å². The minimum atomic E-state index is -4.94. The summed E-state index contributed by atoms with van der Waals surface area (Å²) < 4.78 is 75.0. The quantitative estimate of drug-likeness (QED) is 0.755. The fourth-order valence-corrected chi connectivity index (χ4v) is 1.56. The van der Waals surface area contributed by atoms with Crippen molar-refractivity contribution in [2.24, 2.45) is 0 Å². The maximum Gasteiger partial charge on any atom is 0.449 e. The van der Waals surface area contributed by atoms with Crippen molar-refractivity contribution in [3.05, 3.63) is 39.9 Å². The van der Waals surface area contributed by atoms with Gasteiger partial charge in [-0.1, -0.05) is 6.07 Å². The maximum absolute atomic E-state index is 12.6. The van der Waals surface area contributed by atoms with Gasteiger partial charge in [-0.3, -0.25) is 4.79 Å². The molecule has 19 heavy (non-hydrogen) atoms. The molecule has 1 aromatic heterocycles. The zero-order valence-electron chi connectivity index (χ0n) is 8.86. The number of H-pyrrole nitrogens is 1. The van der Waals surface area contributed by atoms with Crippen LogP contribution in [0.4, 0.5) is 26.3 Å². The van der Waals surface area contributed by atoms with Gasteiger partial charge in [-0.2, -0.15) is 26.3 Å². The highest BCUT2D eigenvalue weighted by atomic mass is 19.4. The first-order valence-corrected chi connectivity index (χ1v) is 4.78. The van der Waals surface area contributed by atoms with E-state index in [2.05, 4.69) is 4.98 Å². The highest BCUT2D eigenvalue weighted by Gasteiger charge is 2.37. The second-order valence-electron chi connectivity index (χ2n) is 3.61. The van der Waals surface area contributed by atoms with Crippen molar-refractivity contribution < 1.29 is 26.3 Å². The molecule has 0 amide bonds. The van der Waals surface area contributed by atoms with E-state index in [1.807, 2.05) is 0 Å². The summed E-state index contributed by atoms with van der Waals surface area (Å²) in [4.78, 5) is 15.7. The topological polar surface area (TPSA) is 45.8 Å². The van der Waals surface area contributed by atoms with Crippen LogP contribution in [0.25, 0.3) is 10.9 Å². The Bertz CT molecular complexity index is 685. The molecule has 3 nitrogen and oxygen atoms in total. The van der Waals surface area contributed by atoms with E-state index in [0.29, 0.717) is 6.07 Å². The number of hydrogen-bond acceptors (Lipinski definition) is 2. The molecular weight excluding hydrogens is 278 g/mol. The van der Waals surface area contributed by atoms with Gasteiger partial charge < -0.3 is 4.98 Å². The molecule has 0 aliphatic heterocycles.